The fourth-order valence-corrected chi connectivity index (χ4v) is 2.38. The van der Waals surface area contributed by atoms with Gasteiger partial charge in [0.2, 0.25) is 0 Å². The highest BCUT2D eigenvalue weighted by Crippen LogP contribution is 2.18. The van der Waals surface area contributed by atoms with E-state index in [4.69, 9.17) is 4.74 Å². The minimum absolute atomic E-state index is 0.0596. The van der Waals surface area contributed by atoms with Crippen molar-refractivity contribution in [2.24, 2.45) is 0 Å². The third kappa shape index (κ3) is 3.66. The fourth-order valence-electron chi connectivity index (χ4n) is 2.38. The van der Waals surface area contributed by atoms with Gasteiger partial charge in [-0.15, -0.1) is 0 Å². The van der Waals surface area contributed by atoms with Crippen molar-refractivity contribution < 1.29 is 9.53 Å². The summed E-state index contributed by atoms with van der Waals surface area (Å²) in [6.07, 6.45) is 4.28. The lowest BCUT2D eigenvalue weighted by Gasteiger charge is -2.32. The van der Waals surface area contributed by atoms with Crippen LogP contribution in [0.15, 0.2) is 17.1 Å². The molecule has 1 aliphatic rings. The quantitative estimate of drug-likeness (QED) is 0.799. The van der Waals surface area contributed by atoms with Gasteiger partial charge in [0, 0.05) is 32.7 Å². The van der Waals surface area contributed by atoms with Crippen molar-refractivity contribution in [3.05, 3.63) is 22.6 Å². The monoisotopic (exact) mass is 279 g/mol. The van der Waals surface area contributed by atoms with E-state index in [1.54, 1.807) is 19.4 Å². The van der Waals surface area contributed by atoms with Crippen molar-refractivity contribution in [1.29, 1.82) is 0 Å². The number of anilines is 1. The van der Waals surface area contributed by atoms with Crippen molar-refractivity contribution in [1.82, 2.24) is 9.78 Å². The first kappa shape index (κ1) is 14.7. The number of ether oxygens (including phenoxy) is 1. The summed E-state index contributed by atoms with van der Waals surface area (Å²) in [6.45, 7) is 3.60. The van der Waals surface area contributed by atoms with Crippen LogP contribution >= 0.6 is 0 Å². The SMILES string of the molecule is COC1CCN(c2cnn(CCC(C)=O)c(=O)c2)CC1. The van der Waals surface area contributed by atoms with E-state index in [9.17, 15) is 9.59 Å². The molecule has 0 atom stereocenters. The van der Waals surface area contributed by atoms with Gasteiger partial charge in [-0.1, -0.05) is 0 Å². The number of aromatic nitrogens is 2. The van der Waals surface area contributed by atoms with E-state index in [-0.39, 0.29) is 11.3 Å². The Balaban J connectivity index is 2.02. The van der Waals surface area contributed by atoms with E-state index >= 15 is 0 Å². The number of piperidine rings is 1. The highest BCUT2D eigenvalue weighted by Gasteiger charge is 2.19. The van der Waals surface area contributed by atoms with Gasteiger partial charge < -0.3 is 9.64 Å². The maximum absolute atomic E-state index is 12.0. The van der Waals surface area contributed by atoms with Crippen LogP contribution in [0.3, 0.4) is 0 Å². The third-order valence-corrected chi connectivity index (χ3v) is 3.67. The molecule has 1 saturated heterocycles. The molecule has 0 N–H and O–H groups in total. The summed E-state index contributed by atoms with van der Waals surface area (Å²) in [7, 11) is 1.73. The number of Topliss-reactive ketones (excluding diaryl/α,β-unsaturated/α-hetero) is 1. The molecule has 0 aromatic carbocycles. The lowest BCUT2D eigenvalue weighted by Crippen LogP contribution is -2.37. The molecule has 0 radical (unpaired) electrons. The molecule has 6 nitrogen and oxygen atoms in total. The molecule has 1 aliphatic heterocycles. The predicted octanol–water partition coefficient (Wildman–Crippen LogP) is 0.838. The molecule has 110 valence electrons. The Morgan fingerprint density at radius 2 is 2.15 bits per heavy atom. The Labute approximate surface area is 118 Å². The second-order valence-electron chi connectivity index (χ2n) is 5.15. The molecule has 2 heterocycles. The van der Waals surface area contributed by atoms with Gasteiger partial charge in [-0.2, -0.15) is 5.10 Å². The minimum atomic E-state index is -0.155. The van der Waals surface area contributed by atoms with Gasteiger partial charge >= 0.3 is 0 Å². The normalized spacial score (nSPS) is 16.4. The van der Waals surface area contributed by atoms with Gasteiger partial charge in [-0.3, -0.25) is 9.59 Å². The van der Waals surface area contributed by atoms with Crippen LogP contribution in [0.5, 0.6) is 0 Å². The fraction of sp³-hybridized carbons (Fsp3) is 0.643. The van der Waals surface area contributed by atoms with Crippen molar-refractivity contribution in [3.63, 3.8) is 0 Å². The molecule has 1 aromatic rings. The predicted molar refractivity (Wildman–Crippen MR) is 76.0 cm³/mol. The smallest absolute Gasteiger partial charge is 0.268 e. The molecule has 6 heteroatoms. The van der Waals surface area contributed by atoms with Gasteiger partial charge in [-0.25, -0.2) is 4.68 Å². The first-order chi connectivity index (χ1) is 9.60. The minimum Gasteiger partial charge on any atom is -0.381 e. The van der Waals surface area contributed by atoms with E-state index < -0.39 is 0 Å². The highest BCUT2D eigenvalue weighted by atomic mass is 16.5. The second-order valence-corrected chi connectivity index (χ2v) is 5.15. The zero-order valence-electron chi connectivity index (χ0n) is 12.0. The third-order valence-electron chi connectivity index (χ3n) is 3.67. The number of hydrogen-bond acceptors (Lipinski definition) is 5. The Morgan fingerprint density at radius 1 is 1.45 bits per heavy atom. The summed E-state index contributed by atoms with van der Waals surface area (Å²) in [6, 6.07) is 1.60. The van der Waals surface area contributed by atoms with Crippen molar-refractivity contribution in [2.45, 2.75) is 38.8 Å². The average Bonchev–Trinajstić information content (AvgIpc) is 2.46. The van der Waals surface area contributed by atoms with Crippen LogP contribution in [-0.2, 0) is 16.1 Å². The van der Waals surface area contributed by atoms with Gasteiger partial charge in [0.1, 0.15) is 5.78 Å². The number of rotatable bonds is 5. The summed E-state index contributed by atoms with van der Waals surface area (Å²) in [5, 5.41) is 4.14. The van der Waals surface area contributed by atoms with Gasteiger partial charge in [0.25, 0.3) is 5.56 Å². The van der Waals surface area contributed by atoms with Crippen LogP contribution in [0.2, 0.25) is 0 Å². The van der Waals surface area contributed by atoms with Gasteiger partial charge in [0.15, 0.2) is 0 Å². The molecule has 20 heavy (non-hydrogen) atoms. The number of carbonyl (C=O) groups excluding carboxylic acids is 1. The molecule has 1 fully saturated rings. The number of aryl methyl sites for hydroxylation is 1. The number of methoxy groups -OCH3 is 1. The molecule has 0 spiro atoms. The van der Waals surface area contributed by atoms with Crippen LogP contribution < -0.4 is 10.5 Å². The summed E-state index contributed by atoms with van der Waals surface area (Å²) in [5.41, 5.74) is 0.696. The maximum Gasteiger partial charge on any atom is 0.268 e. The second kappa shape index (κ2) is 6.65. The van der Waals surface area contributed by atoms with Crippen molar-refractivity contribution >= 4 is 11.5 Å². The standard InChI is InChI=1S/C14H21N3O3/c1-11(18)3-8-17-14(19)9-12(10-15-17)16-6-4-13(20-2)5-7-16/h9-10,13H,3-8H2,1-2H3. The summed E-state index contributed by atoms with van der Waals surface area (Å²) >= 11 is 0. The number of hydrogen-bond donors (Lipinski definition) is 0. The van der Waals surface area contributed by atoms with E-state index in [2.05, 4.69) is 10.00 Å². The molecule has 0 unspecified atom stereocenters. The Bertz CT molecular complexity index is 519. The lowest BCUT2D eigenvalue weighted by molar-refractivity contribution is -0.117. The highest BCUT2D eigenvalue weighted by molar-refractivity contribution is 5.75. The molecule has 2 rings (SSSR count). The zero-order valence-corrected chi connectivity index (χ0v) is 12.0. The maximum atomic E-state index is 12.0. The van der Waals surface area contributed by atoms with Crippen molar-refractivity contribution in [3.8, 4) is 0 Å². The van der Waals surface area contributed by atoms with E-state index in [1.165, 1.54) is 11.6 Å². The van der Waals surface area contributed by atoms with Gasteiger partial charge in [0.05, 0.1) is 24.5 Å². The van der Waals surface area contributed by atoms with Crippen LogP contribution in [0.25, 0.3) is 0 Å². The largest absolute Gasteiger partial charge is 0.381 e. The van der Waals surface area contributed by atoms with E-state index in [0.29, 0.717) is 19.1 Å². The lowest BCUT2D eigenvalue weighted by atomic mass is 10.1. The molecular weight excluding hydrogens is 258 g/mol. The summed E-state index contributed by atoms with van der Waals surface area (Å²) < 4.78 is 6.67. The molecule has 1 aromatic heterocycles. The van der Waals surface area contributed by atoms with Crippen LogP contribution in [0, 0.1) is 0 Å². The number of ketones is 1. The number of nitrogens with zero attached hydrogens (tertiary/aromatic N) is 3. The molecular formula is C14H21N3O3. The van der Waals surface area contributed by atoms with Crippen LogP contribution in [0.1, 0.15) is 26.2 Å². The van der Waals surface area contributed by atoms with Crippen molar-refractivity contribution in [2.75, 3.05) is 25.1 Å². The van der Waals surface area contributed by atoms with E-state index in [1.807, 2.05) is 0 Å². The number of carbonyl (C=O) groups is 1. The summed E-state index contributed by atoms with van der Waals surface area (Å²) in [4.78, 5) is 25.0. The topological polar surface area (TPSA) is 64.4 Å². The Kier molecular flexibility index (Phi) is 4.89. The molecule has 0 aliphatic carbocycles. The molecule has 0 amide bonds. The zero-order chi connectivity index (χ0) is 14.5. The van der Waals surface area contributed by atoms with E-state index in [0.717, 1.165) is 31.6 Å². The first-order valence-corrected chi connectivity index (χ1v) is 6.94. The average molecular weight is 279 g/mol. The van der Waals surface area contributed by atoms with Crippen LogP contribution in [-0.4, -0.2) is 41.9 Å². The molecule has 0 bridgehead atoms. The Morgan fingerprint density at radius 3 is 2.70 bits per heavy atom. The van der Waals surface area contributed by atoms with Gasteiger partial charge in [-0.05, 0) is 19.8 Å². The summed E-state index contributed by atoms with van der Waals surface area (Å²) in [5.74, 6) is 0.0596. The van der Waals surface area contributed by atoms with Crippen LogP contribution in [0.4, 0.5) is 5.69 Å². The molecule has 0 saturated carbocycles. The Hall–Kier alpha value is -1.69. The first-order valence-electron chi connectivity index (χ1n) is 6.94.